The van der Waals surface area contributed by atoms with Crippen molar-refractivity contribution < 1.29 is 9.21 Å². The van der Waals surface area contributed by atoms with Crippen molar-refractivity contribution in [2.75, 3.05) is 19.6 Å². The fourth-order valence-corrected chi connectivity index (χ4v) is 3.27. The summed E-state index contributed by atoms with van der Waals surface area (Å²) in [7, 11) is 0. The summed E-state index contributed by atoms with van der Waals surface area (Å²) < 4.78 is 5.54. The number of rotatable bonds is 5. The lowest BCUT2D eigenvalue weighted by Gasteiger charge is -2.25. The van der Waals surface area contributed by atoms with Crippen molar-refractivity contribution in [1.29, 1.82) is 0 Å². The monoisotopic (exact) mass is 290 g/mol. The molecule has 106 valence electrons. The van der Waals surface area contributed by atoms with Crippen LogP contribution in [0.3, 0.4) is 0 Å². The van der Waals surface area contributed by atoms with Gasteiger partial charge in [-0.15, -0.1) is 11.3 Å². The molecule has 3 heterocycles. The second kappa shape index (κ2) is 6.24. The molecule has 1 atom stereocenters. The van der Waals surface area contributed by atoms with Crippen molar-refractivity contribution >= 4 is 17.2 Å². The number of likely N-dealkylation sites (tertiary alicyclic amines) is 1. The number of nitrogens with zero attached hydrogens (tertiary/aromatic N) is 1. The van der Waals surface area contributed by atoms with E-state index in [1.54, 1.807) is 6.26 Å². The van der Waals surface area contributed by atoms with Crippen LogP contribution in [0.1, 0.15) is 34.3 Å². The molecule has 4 nitrogen and oxygen atoms in total. The van der Waals surface area contributed by atoms with Gasteiger partial charge in [0.15, 0.2) is 0 Å². The Balaban J connectivity index is 1.66. The molecule has 1 aliphatic heterocycles. The summed E-state index contributed by atoms with van der Waals surface area (Å²) in [6.45, 7) is 2.73. The van der Waals surface area contributed by atoms with E-state index in [2.05, 4.69) is 10.2 Å². The third kappa shape index (κ3) is 2.94. The molecule has 20 heavy (non-hydrogen) atoms. The number of hydrogen-bond donors (Lipinski definition) is 1. The van der Waals surface area contributed by atoms with Crippen LogP contribution in [0.4, 0.5) is 0 Å². The average molecular weight is 290 g/mol. The van der Waals surface area contributed by atoms with Gasteiger partial charge in [-0.1, -0.05) is 6.07 Å². The number of hydrogen-bond acceptors (Lipinski definition) is 4. The summed E-state index contributed by atoms with van der Waals surface area (Å²) in [6.07, 6.45) is 4.13. The lowest BCUT2D eigenvalue weighted by molar-refractivity contribution is 0.0938. The molecule has 1 amide bonds. The highest BCUT2D eigenvalue weighted by atomic mass is 32.1. The average Bonchev–Trinajstić information content (AvgIpc) is 3.22. The van der Waals surface area contributed by atoms with Gasteiger partial charge in [0.25, 0.3) is 5.91 Å². The zero-order valence-electron chi connectivity index (χ0n) is 11.2. The minimum absolute atomic E-state index is 0.00393. The molecule has 0 bridgehead atoms. The first-order valence-corrected chi connectivity index (χ1v) is 7.82. The molecule has 5 heteroatoms. The molecular formula is C15H18N2O2S. The van der Waals surface area contributed by atoms with Crippen molar-refractivity contribution in [2.24, 2.45) is 0 Å². The van der Waals surface area contributed by atoms with Crippen LogP contribution in [0.2, 0.25) is 0 Å². The molecular weight excluding hydrogens is 272 g/mol. The van der Waals surface area contributed by atoms with Gasteiger partial charge in [0.2, 0.25) is 0 Å². The van der Waals surface area contributed by atoms with Crippen LogP contribution < -0.4 is 5.32 Å². The maximum Gasteiger partial charge on any atom is 0.261 e. The number of furan rings is 1. The highest BCUT2D eigenvalue weighted by molar-refractivity contribution is 7.12. The van der Waals surface area contributed by atoms with E-state index in [1.165, 1.54) is 24.2 Å². The molecule has 1 saturated heterocycles. The van der Waals surface area contributed by atoms with E-state index in [0.717, 1.165) is 23.7 Å². The molecule has 0 aliphatic carbocycles. The quantitative estimate of drug-likeness (QED) is 0.921. The van der Waals surface area contributed by atoms with Crippen molar-refractivity contribution in [3.63, 3.8) is 0 Å². The smallest absolute Gasteiger partial charge is 0.261 e. The molecule has 2 aromatic rings. The molecule has 1 N–H and O–H groups in total. The Hall–Kier alpha value is -1.59. The third-order valence-electron chi connectivity index (χ3n) is 3.65. The van der Waals surface area contributed by atoms with Gasteiger partial charge in [-0.25, -0.2) is 0 Å². The highest BCUT2D eigenvalue weighted by Gasteiger charge is 2.26. The van der Waals surface area contributed by atoms with Crippen molar-refractivity contribution in [2.45, 2.75) is 18.9 Å². The van der Waals surface area contributed by atoms with E-state index in [9.17, 15) is 4.79 Å². The largest absolute Gasteiger partial charge is 0.468 e. The summed E-state index contributed by atoms with van der Waals surface area (Å²) in [5.74, 6) is 0.925. The zero-order valence-corrected chi connectivity index (χ0v) is 12.1. The van der Waals surface area contributed by atoms with Gasteiger partial charge >= 0.3 is 0 Å². The summed E-state index contributed by atoms with van der Waals surface area (Å²) in [6, 6.07) is 7.76. The first-order valence-electron chi connectivity index (χ1n) is 6.94. The van der Waals surface area contributed by atoms with Crippen LogP contribution in [0, 0.1) is 0 Å². The van der Waals surface area contributed by atoms with Crippen LogP contribution in [0.5, 0.6) is 0 Å². The SMILES string of the molecule is O=C(NC[C@H](c1ccco1)N1CCCC1)c1cccs1. The van der Waals surface area contributed by atoms with Gasteiger partial charge in [0.1, 0.15) is 5.76 Å². The minimum Gasteiger partial charge on any atom is -0.468 e. The van der Waals surface area contributed by atoms with E-state index in [1.807, 2.05) is 29.6 Å². The lowest BCUT2D eigenvalue weighted by Crippen LogP contribution is -2.36. The Kier molecular flexibility index (Phi) is 4.18. The predicted molar refractivity (Wildman–Crippen MR) is 78.9 cm³/mol. The number of amides is 1. The van der Waals surface area contributed by atoms with Crippen molar-refractivity contribution in [3.8, 4) is 0 Å². The summed E-state index contributed by atoms with van der Waals surface area (Å²) in [5, 5.41) is 4.94. The normalized spacial score (nSPS) is 17.2. The zero-order chi connectivity index (χ0) is 13.8. The van der Waals surface area contributed by atoms with E-state index < -0.39 is 0 Å². The van der Waals surface area contributed by atoms with E-state index >= 15 is 0 Å². The standard InChI is InChI=1S/C15H18N2O2S/c18-15(14-6-4-10-20-14)16-11-12(13-5-3-9-19-13)17-7-1-2-8-17/h3-6,9-10,12H,1-2,7-8,11H2,(H,16,18)/t12-/m1/s1. The molecule has 2 aromatic heterocycles. The lowest BCUT2D eigenvalue weighted by atomic mass is 10.2. The topological polar surface area (TPSA) is 45.5 Å². The van der Waals surface area contributed by atoms with E-state index in [-0.39, 0.29) is 11.9 Å². The Morgan fingerprint density at radius 3 is 2.85 bits per heavy atom. The van der Waals surface area contributed by atoms with Crippen molar-refractivity contribution in [1.82, 2.24) is 10.2 Å². The fraction of sp³-hybridized carbons (Fsp3) is 0.400. The number of carbonyl (C=O) groups excluding carboxylic acids is 1. The second-order valence-electron chi connectivity index (χ2n) is 4.96. The Bertz CT molecular complexity index is 530. The maximum absolute atomic E-state index is 12.0. The Morgan fingerprint density at radius 2 is 2.20 bits per heavy atom. The molecule has 0 aromatic carbocycles. The minimum atomic E-state index is -0.00393. The fourth-order valence-electron chi connectivity index (χ4n) is 2.63. The number of nitrogens with one attached hydrogen (secondary N) is 1. The molecule has 0 saturated carbocycles. The van der Waals surface area contributed by atoms with Crippen LogP contribution >= 0.6 is 11.3 Å². The number of carbonyl (C=O) groups is 1. The summed E-state index contributed by atoms with van der Waals surface area (Å²) >= 11 is 1.46. The molecule has 3 rings (SSSR count). The third-order valence-corrected chi connectivity index (χ3v) is 4.52. The van der Waals surface area contributed by atoms with Crippen LogP contribution in [-0.4, -0.2) is 30.4 Å². The molecule has 1 fully saturated rings. The molecule has 0 radical (unpaired) electrons. The Labute approximate surface area is 122 Å². The van der Waals surface area contributed by atoms with E-state index in [4.69, 9.17) is 4.42 Å². The van der Waals surface area contributed by atoms with Crippen LogP contribution in [0.25, 0.3) is 0 Å². The highest BCUT2D eigenvalue weighted by Crippen LogP contribution is 2.25. The van der Waals surface area contributed by atoms with Gasteiger partial charge < -0.3 is 9.73 Å². The summed E-state index contributed by atoms with van der Waals surface area (Å²) in [5.41, 5.74) is 0. The van der Waals surface area contributed by atoms with Gasteiger partial charge in [0.05, 0.1) is 17.2 Å². The first kappa shape index (κ1) is 13.4. The Morgan fingerprint density at radius 1 is 1.35 bits per heavy atom. The predicted octanol–water partition coefficient (Wildman–Crippen LogP) is 2.91. The molecule has 0 unspecified atom stereocenters. The number of thiophene rings is 1. The van der Waals surface area contributed by atoms with Gasteiger partial charge in [-0.05, 0) is 49.5 Å². The van der Waals surface area contributed by atoms with Crippen LogP contribution in [0.15, 0.2) is 40.3 Å². The van der Waals surface area contributed by atoms with Gasteiger partial charge in [-0.2, -0.15) is 0 Å². The van der Waals surface area contributed by atoms with Crippen LogP contribution in [-0.2, 0) is 0 Å². The van der Waals surface area contributed by atoms with Crippen molar-refractivity contribution in [3.05, 3.63) is 46.5 Å². The van der Waals surface area contributed by atoms with Gasteiger partial charge in [0, 0.05) is 6.54 Å². The first-order chi connectivity index (χ1) is 9.84. The summed E-state index contributed by atoms with van der Waals surface area (Å²) in [4.78, 5) is 15.2. The maximum atomic E-state index is 12.0. The second-order valence-corrected chi connectivity index (χ2v) is 5.91. The molecule has 1 aliphatic rings. The van der Waals surface area contributed by atoms with E-state index in [0.29, 0.717) is 6.54 Å². The molecule has 0 spiro atoms. The van der Waals surface area contributed by atoms with Gasteiger partial charge in [-0.3, -0.25) is 9.69 Å².